The molecule has 1 aliphatic rings. The van der Waals surface area contributed by atoms with E-state index in [1.807, 2.05) is 6.92 Å². The maximum atomic E-state index is 11.4. The molecule has 0 radical (unpaired) electrons. The van der Waals surface area contributed by atoms with Crippen molar-refractivity contribution < 1.29 is 13.2 Å². The van der Waals surface area contributed by atoms with Gasteiger partial charge in [-0.3, -0.25) is 0 Å². The van der Waals surface area contributed by atoms with E-state index in [9.17, 15) is 8.42 Å². The monoisotopic (exact) mass is 235 g/mol. The Morgan fingerprint density at radius 3 is 2.53 bits per heavy atom. The molecule has 90 valence electrons. The zero-order valence-corrected chi connectivity index (χ0v) is 10.5. The summed E-state index contributed by atoms with van der Waals surface area (Å²) in [5, 5.41) is 3.31. The minimum absolute atomic E-state index is 0.0396. The third-order valence-corrected chi connectivity index (χ3v) is 4.78. The Morgan fingerprint density at radius 2 is 2.07 bits per heavy atom. The van der Waals surface area contributed by atoms with Crippen molar-refractivity contribution >= 4 is 9.84 Å². The van der Waals surface area contributed by atoms with Gasteiger partial charge in [-0.05, 0) is 19.8 Å². The molecule has 0 saturated heterocycles. The second-order valence-electron chi connectivity index (χ2n) is 4.29. The predicted octanol–water partition coefficient (Wildman–Crippen LogP) is 0.577. The van der Waals surface area contributed by atoms with Crippen LogP contribution in [0.4, 0.5) is 0 Å². The molecule has 1 unspecified atom stereocenters. The van der Waals surface area contributed by atoms with Crippen molar-refractivity contribution in [2.45, 2.75) is 44.9 Å². The number of sulfone groups is 1. The van der Waals surface area contributed by atoms with E-state index in [4.69, 9.17) is 4.74 Å². The number of methoxy groups -OCH3 is 1. The van der Waals surface area contributed by atoms with Gasteiger partial charge in [-0.15, -0.1) is 0 Å². The first-order valence-corrected chi connectivity index (χ1v) is 7.28. The second kappa shape index (κ2) is 5.27. The fraction of sp³-hybridized carbons (Fsp3) is 1.00. The molecular formula is C10H21NO3S. The minimum atomic E-state index is -2.86. The largest absolute Gasteiger partial charge is 0.381 e. The lowest BCUT2D eigenvalue weighted by atomic mass is 9.89. The second-order valence-corrected chi connectivity index (χ2v) is 6.69. The SMILES string of the molecule is CCS(=O)(=O)CC(C)NC1CC(OC)C1. The molecule has 0 heterocycles. The molecule has 0 amide bonds. The predicted molar refractivity (Wildman–Crippen MR) is 60.7 cm³/mol. The Labute approximate surface area is 92.3 Å². The number of ether oxygens (including phenoxy) is 1. The lowest BCUT2D eigenvalue weighted by molar-refractivity contribution is 0.0155. The number of hydrogen-bond donors (Lipinski definition) is 1. The molecular weight excluding hydrogens is 214 g/mol. The summed E-state index contributed by atoms with van der Waals surface area (Å²) in [6.45, 7) is 3.61. The van der Waals surface area contributed by atoms with Gasteiger partial charge in [-0.25, -0.2) is 8.42 Å². The van der Waals surface area contributed by atoms with Crippen LogP contribution in [0.15, 0.2) is 0 Å². The fourth-order valence-corrected chi connectivity index (χ4v) is 2.94. The van der Waals surface area contributed by atoms with E-state index in [2.05, 4.69) is 5.32 Å². The Morgan fingerprint density at radius 1 is 1.47 bits per heavy atom. The number of hydrogen-bond acceptors (Lipinski definition) is 4. The average Bonchev–Trinajstić information content (AvgIpc) is 2.10. The van der Waals surface area contributed by atoms with Crippen LogP contribution >= 0.6 is 0 Å². The summed E-state index contributed by atoms with van der Waals surface area (Å²) in [4.78, 5) is 0. The zero-order valence-electron chi connectivity index (χ0n) is 9.69. The van der Waals surface area contributed by atoms with Crippen LogP contribution in [0, 0.1) is 0 Å². The summed E-state index contributed by atoms with van der Waals surface area (Å²) < 4.78 is 27.9. The molecule has 1 atom stereocenters. The Kier molecular flexibility index (Phi) is 4.55. The van der Waals surface area contributed by atoms with Crippen molar-refractivity contribution in [2.24, 2.45) is 0 Å². The van der Waals surface area contributed by atoms with Crippen LogP contribution < -0.4 is 5.32 Å². The van der Waals surface area contributed by atoms with Gasteiger partial charge < -0.3 is 10.1 Å². The summed E-state index contributed by atoms with van der Waals surface area (Å²) in [6.07, 6.45) is 2.34. The highest BCUT2D eigenvalue weighted by Crippen LogP contribution is 2.22. The molecule has 0 aliphatic heterocycles. The van der Waals surface area contributed by atoms with Gasteiger partial charge in [-0.2, -0.15) is 0 Å². The average molecular weight is 235 g/mol. The third kappa shape index (κ3) is 4.09. The molecule has 5 heteroatoms. The van der Waals surface area contributed by atoms with Crippen molar-refractivity contribution in [2.75, 3.05) is 18.6 Å². The molecule has 15 heavy (non-hydrogen) atoms. The molecule has 0 aromatic heterocycles. The third-order valence-electron chi connectivity index (χ3n) is 2.89. The van der Waals surface area contributed by atoms with Crippen molar-refractivity contribution in [1.29, 1.82) is 0 Å². The highest BCUT2D eigenvalue weighted by Gasteiger charge is 2.30. The molecule has 1 rings (SSSR count). The van der Waals surface area contributed by atoms with Crippen LogP contribution in [0.2, 0.25) is 0 Å². The lowest BCUT2D eigenvalue weighted by Gasteiger charge is -2.36. The summed E-state index contributed by atoms with van der Waals surface area (Å²) in [7, 11) is -1.15. The van der Waals surface area contributed by atoms with Gasteiger partial charge in [0.25, 0.3) is 0 Å². The van der Waals surface area contributed by atoms with Crippen LogP contribution in [-0.2, 0) is 14.6 Å². The van der Waals surface area contributed by atoms with Gasteiger partial charge in [0.2, 0.25) is 0 Å². The van der Waals surface area contributed by atoms with E-state index in [1.165, 1.54) is 0 Å². The van der Waals surface area contributed by atoms with Crippen LogP contribution in [-0.4, -0.2) is 45.2 Å². The van der Waals surface area contributed by atoms with E-state index in [0.29, 0.717) is 12.1 Å². The Hall–Kier alpha value is -0.130. The van der Waals surface area contributed by atoms with Gasteiger partial charge in [0.05, 0.1) is 11.9 Å². The first kappa shape index (κ1) is 12.9. The van der Waals surface area contributed by atoms with E-state index >= 15 is 0 Å². The van der Waals surface area contributed by atoms with Crippen molar-refractivity contribution in [3.05, 3.63) is 0 Å². The summed E-state index contributed by atoms with van der Waals surface area (Å²) in [6, 6.07) is 0.467. The summed E-state index contributed by atoms with van der Waals surface area (Å²) in [5.41, 5.74) is 0. The molecule has 0 bridgehead atoms. The molecule has 1 fully saturated rings. The first-order valence-electron chi connectivity index (χ1n) is 5.46. The topological polar surface area (TPSA) is 55.4 Å². The van der Waals surface area contributed by atoms with E-state index in [-0.39, 0.29) is 17.5 Å². The van der Waals surface area contributed by atoms with Gasteiger partial charge in [-0.1, -0.05) is 6.92 Å². The van der Waals surface area contributed by atoms with Crippen LogP contribution in [0.5, 0.6) is 0 Å². The Bertz CT molecular complexity index is 283. The van der Waals surface area contributed by atoms with Crippen molar-refractivity contribution in [3.63, 3.8) is 0 Å². The highest BCUT2D eigenvalue weighted by atomic mass is 32.2. The molecule has 1 aliphatic carbocycles. The van der Waals surface area contributed by atoms with Crippen molar-refractivity contribution in [3.8, 4) is 0 Å². The molecule has 0 aromatic carbocycles. The fourth-order valence-electron chi connectivity index (χ4n) is 1.84. The van der Waals surface area contributed by atoms with Gasteiger partial charge in [0, 0.05) is 24.9 Å². The molecule has 1 N–H and O–H groups in total. The van der Waals surface area contributed by atoms with Crippen LogP contribution in [0.25, 0.3) is 0 Å². The van der Waals surface area contributed by atoms with Gasteiger partial charge >= 0.3 is 0 Å². The molecule has 4 nitrogen and oxygen atoms in total. The lowest BCUT2D eigenvalue weighted by Crippen LogP contribution is -2.50. The first-order chi connectivity index (χ1) is 6.96. The van der Waals surface area contributed by atoms with Crippen LogP contribution in [0.1, 0.15) is 26.7 Å². The smallest absolute Gasteiger partial charge is 0.151 e. The normalized spacial score (nSPS) is 28.5. The maximum absolute atomic E-state index is 11.4. The van der Waals surface area contributed by atoms with Gasteiger partial charge in [0.1, 0.15) is 0 Å². The highest BCUT2D eigenvalue weighted by molar-refractivity contribution is 7.91. The van der Waals surface area contributed by atoms with E-state index in [1.54, 1.807) is 14.0 Å². The van der Waals surface area contributed by atoms with Crippen molar-refractivity contribution in [1.82, 2.24) is 5.32 Å². The summed E-state index contributed by atoms with van der Waals surface area (Å²) in [5.74, 6) is 0.460. The zero-order chi connectivity index (χ0) is 11.5. The van der Waals surface area contributed by atoms with Gasteiger partial charge in [0.15, 0.2) is 9.84 Å². The summed E-state index contributed by atoms with van der Waals surface area (Å²) >= 11 is 0. The van der Waals surface area contributed by atoms with E-state index < -0.39 is 9.84 Å². The minimum Gasteiger partial charge on any atom is -0.381 e. The number of nitrogens with one attached hydrogen (secondary N) is 1. The molecule has 0 aromatic rings. The van der Waals surface area contributed by atoms with Crippen LogP contribution in [0.3, 0.4) is 0 Å². The quantitative estimate of drug-likeness (QED) is 0.731. The standard InChI is InChI=1S/C10H21NO3S/c1-4-15(12,13)7-8(2)11-9-5-10(6-9)14-3/h8-11H,4-7H2,1-3H3. The number of rotatable bonds is 6. The Balaban J connectivity index is 2.23. The maximum Gasteiger partial charge on any atom is 0.151 e. The molecule has 1 saturated carbocycles. The van der Waals surface area contributed by atoms with E-state index in [0.717, 1.165) is 12.8 Å². The molecule has 0 spiro atoms.